The number of hydrogen-bond acceptors (Lipinski definition) is 4. The molecule has 0 aliphatic heterocycles. The largest absolute Gasteiger partial charge is 0.351 e. The van der Waals surface area contributed by atoms with Crippen LogP contribution in [0, 0.1) is 5.92 Å². The molecule has 3 rings (SSSR count). The standard InChI is InChI=1S/C19H24N4O2.ClH/c20-12-15-8-4-5-9-16(15)21-18(24)13-23-19(25)11-10-17(22-23)14-6-2-1-3-7-14;/h1-3,6-7,10-11,15-16H,4-5,8-9,12-13,20H2,(H,21,24);1H. The molecule has 7 heteroatoms. The Kier molecular flexibility index (Phi) is 7.36. The molecule has 2 atom stereocenters. The van der Waals surface area contributed by atoms with Gasteiger partial charge in [0.05, 0.1) is 5.69 Å². The molecule has 1 fully saturated rings. The molecule has 1 aromatic heterocycles. The number of benzene rings is 1. The molecule has 1 heterocycles. The number of nitrogens with one attached hydrogen (secondary N) is 1. The van der Waals surface area contributed by atoms with E-state index in [1.165, 1.54) is 10.7 Å². The molecule has 2 aromatic rings. The first-order valence-corrected chi connectivity index (χ1v) is 8.80. The average molecular weight is 377 g/mol. The number of hydrogen-bond donors (Lipinski definition) is 2. The summed E-state index contributed by atoms with van der Waals surface area (Å²) in [5, 5.41) is 7.37. The van der Waals surface area contributed by atoms with Crippen molar-refractivity contribution in [2.75, 3.05) is 6.54 Å². The molecule has 0 saturated heterocycles. The van der Waals surface area contributed by atoms with Gasteiger partial charge in [0, 0.05) is 17.7 Å². The second kappa shape index (κ2) is 9.50. The minimum atomic E-state index is -0.283. The fraction of sp³-hybridized carbons (Fsp3) is 0.421. The number of carbonyl (C=O) groups excluding carboxylic acids is 1. The molecule has 1 amide bonds. The lowest BCUT2D eigenvalue weighted by Gasteiger charge is -2.31. The van der Waals surface area contributed by atoms with Gasteiger partial charge in [-0.3, -0.25) is 9.59 Å². The summed E-state index contributed by atoms with van der Waals surface area (Å²) < 4.78 is 1.22. The molecule has 2 unspecified atom stereocenters. The van der Waals surface area contributed by atoms with Crippen molar-refractivity contribution in [3.8, 4) is 11.3 Å². The van der Waals surface area contributed by atoms with Crippen LogP contribution >= 0.6 is 12.4 Å². The van der Waals surface area contributed by atoms with Gasteiger partial charge < -0.3 is 11.1 Å². The predicted molar refractivity (Wildman–Crippen MR) is 104 cm³/mol. The van der Waals surface area contributed by atoms with Crippen LogP contribution in [0.5, 0.6) is 0 Å². The van der Waals surface area contributed by atoms with Gasteiger partial charge in [-0.05, 0) is 31.4 Å². The Labute approximate surface area is 159 Å². The van der Waals surface area contributed by atoms with Gasteiger partial charge in [0.1, 0.15) is 6.54 Å². The monoisotopic (exact) mass is 376 g/mol. The number of halogens is 1. The van der Waals surface area contributed by atoms with E-state index in [1.54, 1.807) is 6.07 Å². The fourth-order valence-corrected chi connectivity index (χ4v) is 3.39. The van der Waals surface area contributed by atoms with Crippen LogP contribution < -0.4 is 16.6 Å². The van der Waals surface area contributed by atoms with Gasteiger partial charge in [-0.25, -0.2) is 4.68 Å². The van der Waals surface area contributed by atoms with Gasteiger partial charge in [-0.15, -0.1) is 12.4 Å². The molecule has 0 spiro atoms. The molecule has 1 aliphatic carbocycles. The number of rotatable bonds is 5. The van der Waals surface area contributed by atoms with Crippen LogP contribution in [-0.2, 0) is 11.3 Å². The van der Waals surface area contributed by atoms with Crippen molar-refractivity contribution in [2.24, 2.45) is 11.7 Å². The third-order valence-electron chi connectivity index (χ3n) is 4.79. The minimum Gasteiger partial charge on any atom is -0.351 e. The quantitative estimate of drug-likeness (QED) is 0.834. The summed E-state index contributed by atoms with van der Waals surface area (Å²) in [6.07, 6.45) is 4.25. The summed E-state index contributed by atoms with van der Waals surface area (Å²) in [6, 6.07) is 12.8. The molecule has 1 saturated carbocycles. The zero-order chi connectivity index (χ0) is 17.6. The molecule has 1 aromatic carbocycles. The van der Waals surface area contributed by atoms with Crippen molar-refractivity contribution in [3.05, 3.63) is 52.8 Å². The molecule has 26 heavy (non-hydrogen) atoms. The second-order valence-electron chi connectivity index (χ2n) is 6.53. The normalized spacial score (nSPS) is 19.4. The fourth-order valence-electron chi connectivity index (χ4n) is 3.39. The summed E-state index contributed by atoms with van der Waals surface area (Å²) in [4.78, 5) is 24.4. The highest BCUT2D eigenvalue weighted by Gasteiger charge is 2.25. The Bertz CT molecular complexity index is 779. The average Bonchev–Trinajstić information content (AvgIpc) is 2.64. The molecule has 1 aliphatic rings. The van der Waals surface area contributed by atoms with E-state index in [9.17, 15) is 9.59 Å². The molecule has 140 valence electrons. The summed E-state index contributed by atoms with van der Waals surface area (Å²) in [6.45, 7) is 0.500. The van der Waals surface area contributed by atoms with Crippen LogP contribution in [0.4, 0.5) is 0 Å². The van der Waals surface area contributed by atoms with Crippen molar-refractivity contribution in [1.29, 1.82) is 0 Å². The minimum absolute atomic E-state index is 0. The first kappa shape index (κ1) is 20.1. The Morgan fingerprint density at radius 2 is 1.88 bits per heavy atom. The Morgan fingerprint density at radius 3 is 2.62 bits per heavy atom. The first-order chi connectivity index (χ1) is 12.2. The predicted octanol–water partition coefficient (Wildman–Crippen LogP) is 1.97. The maximum atomic E-state index is 12.4. The summed E-state index contributed by atoms with van der Waals surface area (Å²) in [5.41, 5.74) is 7.11. The number of carbonyl (C=O) groups is 1. The van der Waals surface area contributed by atoms with Crippen molar-refractivity contribution in [2.45, 2.75) is 38.3 Å². The Morgan fingerprint density at radius 1 is 1.15 bits per heavy atom. The number of nitrogens with two attached hydrogens (primary N) is 1. The molecular weight excluding hydrogens is 352 g/mol. The number of amides is 1. The zero-order valence-corrected chi connectivity index (χ0v) is 15.5. The van der Waals surface area contributed by atoms with Crippen LogP contribution in [0.1, 0.15) is 25.7 Å². The lowest BCUT2D eigenvalue weighted by Crippen LogP contribution is -2.46. The highest BCUT2D eigenvalue weighted by atomic mass is 35.5. The van der Waals surface area contributed by atoms with Gasteiger partial charge in [0.2, 0.25) is 5.91 Å². The van der Waals surface area contributed by atoms with E-state index in [0.717, 1.165) is 31.2 Å². The van der Waals surface area contributed by atoms with E-state index in [1.807, 2.05) is 30.3 Å². The topological polar surface area (TPSA) is 90.0 Å². The molecule has 6 nitrogen and oxygen atoms in total. The van der Waals surface area contributed by atoms with Crippen LogP contribution in [0.2, 0.25) is 0 Å². The molecular formula is C19H25ClN4O2. The van der Waals surface area contributed by atoms with Crippen LogP contribution in [0.3, 0.4) is 0 Å². The van der Waals surface area contributed by atoms with Gasteiger partial charge in [-0.2, -0.15) is 5.10 Å². The van der Waals surface area contributed by atoms with Crippen LogP contribution in [0.25, 0.3) is 11.3 Å². The SMILES string of the molecule is Cl.NCC1CCCCC1NC(=O)Cn1nc(-c2ccccc2)ccc1=O. The third kappa shape index (κ3) is 4.93. The number of aromatic nitrogens is 2. The first-order valence-electron chi connectivity index (χ1n) is 8.80. The molecule has 3 N–H and O–H groups in total. The maximum Gasteiger partial charge on any atom is 0.267 e. The van der Waals surface area contributed by atoms with E-state index in [0.29, 0.717) is 18.2 Å². The van der Waals surface area contributed by atoms with E-state index in [4.69, 9.17) is 5.73 Å². The highest BCUT2D eigenvalue weighted by Crippen LogP contribution is 2.23. The van der Waals surface area contributed by atoms with Crippen molar-refractivity contribution < 1.29 is 4.79 Å². The van der Waals surface area contributed by atoms with Crippen LogP contribution in [-0.4, -0.2) is 28.3 Å². The van der Waals surface area contributed by atoms with Gasteiger partial charge in [0.25, 0.3) is 5.56 Å². The van der Waals surface area contributed by atoms with Crippen molar-refractivity contribution in [1.82, 2.24) is 15.1 Å². The van der Waals surface area contributed by atoms with Gasteiger partial charge >= 0.3 is 0 Å². The van der Waals surface area contributed by atoms with E-state index in [2.05, 4.69) is 10.4 Å². The third-order valence-corrected chi connectivity index (χ3v) is 4.79. The van der Waals surface area contributed by atoms with Crippen molar-refractivity contribution in [3.63, 3.8) is 0 Å². The van der Waals surface area contributed by atoms with Gasteiger partial charge in [0.15, 0.2) is 0 Å². The Balaban J connectivity index is 0.00000243. The highest BCUT2D eigenvalue weighted by molar-refractivity contribution is 5.85. The van der Waals surface area contributed by atoms with E-state index < -0.39 is 0 Å². The molecule has 0 radical (unpaired) electrons. The second-order valence-corrected chi connectivity index (χ2v) is 6.53. The van der Waals surface area contributed by atoms with Gasteiger partial charge in [-0.1, -0.05) is 43.2 Å². The summed E-state index contributed by atoms with van der Waals surface area (Å²) >= 11 is 0. The van der Waals surface area contributed by atoms with Crippen molar-refractivity contribution >= 4 is 18.3 Å². The lowest BCUT2D eigenvalue weighted by atomic mass is 9.84. The number of nitrogens with zero attached hydrogens (tertiary/aromatic N) is 2. The summed E-state index contributed by atoms with van der Waals surface area (Å²) in [7, 11) is 0. The van der Waals surface area contributed by atoms with Crippen LogP contribution in [0.15, 0.2) is 47.3 Å². The summed E-state index contributed by atoms with van der Waals surface area (Å²) in [5.74, 6) is 0.128. The smallest absolute Gasteiger partial charge is 0.267 e. The zero-order valence-electron chi connectivity index (χ0n) is 14.6. The maximum absolute atomic E-state index is 12.4. The van der Waals surface area contributed by atoms with E-state index >= 15 is 0 Å². The Hall–Kier alpha value is -2.18. The molecule has 0 bridgehead atoms. The lowest BCUT2D eigenvalue weighted by molar-refractivity contribution is -0.123. The van der Waals surface area contributed by atoms with E-state index in [-0.39, 0.29) is 36.5 Å².